The Morgan fingerprint density at radius 2 is 2.13 bits per heavy atom. The zero-order chi connectivity index (χ0) is 11.1. The van der Waals surface area contributed by atoms with Crippen molar-refractivity contribution in [3.8, 4) is 0 Å². The lowest BCUT2D eigenvalue weighted by Gasteiger charge is -2.14. The summed E-state index contributed by atoms with van der Waals surface area (Å²) >= 11 is 1.80. The van der Waals surface area contributed by atoms with Crippen molar-refractivity contribution in [2.75, 3.05) is 12.8 Å². The van der Waals surface area contributed by atoms with Crippen molar-refractivity contribution in [3.63, 3.8) is 0 Å². The lowest BCUT2D eigenvalue weighted by atomic mass is 10.2. The van der Waals surface area contributed by atoms with E-state index in [1.807, 2.05) is 0 Å². The third-order valence-corrected chi connectivity index (χ3v) is 3.27. The molecule has 0 fully saturated rings. The van der Waals surface area contributed by atoms with Crippen LogP contribution in [-0.4, -0.2) is 18.8 Å². The van der Waals surface area contributed by atoms with Crippen LogP contribution in [0.2, 0.25) is 0 Å². The first kappa shape index (κ1) is 12.6. The summed E-state index contributed by atoms with van der Waals surface area (Å²) in [6.07, 6.45) is 3.14. The van der Waals surface area contributed by atoms with Crippen molar-refractivity contribution < 1.29 is 0 Å². The molecule has 3 heteroatoms. The summed E-state index contributed by atoms with van der Waals surface area (Å²) in [7, 11) is 0. The molecule has 84 valence electrons. The molecule has 0 aromatic heterocycles. The van der Waals surface area contributed by atoms with Crippen LogP contribution in [-0.2, 0) is 6.54 Å². The highest BCUT2D eigenvalue weighted by Crippen LogP contribution is 2.19. The fourth-order valence-corrected chi connectivity index (χ4v) is 2.10. The van der Waals surface area contributed by atoms with E-state index in [9.17, 15) is 0 Å². The first-order valence-electron chi connectivity index (χ1n) is 5.33. The maximum atomic E-state index is 5.51. The molecule has 0 saturated heterocycles. The number of benzene rings is 1. The van der Waals surface area contributed by atoms with E-state index in [0.717, 1.165) is 19.5 Å². The van der Waals surface area contributed by atoms with Crippen LogP contribution in [0, 0.1) is 0 Å². The zero-order valence-corrected chi connectivity index (χ0v) is 10.3. The molecule has 1 aromatic carbocycles. The number of hydrogen-bond donors (Lipinski definition) is 2. The van der Waals surface area contributed by atoms with Crippen LogP contribution in [0.4, 0.5) is 0 Å². The van der Waals surface area contributed by atoms with E-state index in [1.54, 1.807) is 11.8 Å². The summed E-state index contributed by atoms with van der Waals surface area (Å²) in [5.74, 6) is 0. The summed E-state index contributed by atoms with van der Waals surface area (Å²) in [6, 6.07) is 9.00. The average molecular weight is 224 g/mol. The minimum atomic E-state index is 0.491. The van der Waals surface area contributed by atoms with Crippen LogP contribution < -0.4 is 11.1 Å². The molecule has 0 spiro atoms. The Hall–Kier alpha value is -0.510. The van der Waals surface area contributed by atoms with Gasteiger partial charge < -0.3 is 11.1 Å². The smallest absolute Gasteiger partial charge is 0.0219 e. The number of hydrogen-bond acceptors (Lipinski definition) is 3. The van der Waals surface area contributed by atoms with Gasteiger partial charge in [-0.3, -0.25) is 0 Å². The Bertz CT molecular complexity index is 289. The Morgan fingerprint density at radius 1 is 1.40 bits per heavy atom. The normalized spacial score (nSPS) is 12.7. The molecule has 0 bridgehead atoms. The third-order valence-electron chi connectivity index (χ3n) is 2.43. The van der Waals surface area contributed by atoms with E-state index < -0.39 is 0 Å². The van der Waals surface area contributed by atoms with Crippen LogP contribution in [0.3, 0.4) is 0 Å². The van der Waals surface area contributed by atoms with Crippen molar-refractivity contribution in [2.24, 2.45) is 5.73 Å². The summed E-state index contributed by atoms with van der Waals surface area (Å²) in [5.41, 5.74) is 6.88. The molecular weight excluding hydrogens is 204 g/mol. The first-order chi connectivity index (χ1) is 7.27. The molecule has 0 saturated carbocycles. The second-order valence-corrected chi connectivity index (χ2v) is 4.52. The van der Waals surface area contributed by atoms with Crippen molar-refractivity contribution >= 4 is 11.8 Å². The summed E-state index contributed by atoms with van der Waals surface area (Å²) in [4.78, 5) is 1.35. The molecule has 2 nitrogen and oxygen atoms in total. The quantitative estimate of drug-likeness (QED) is 0.728. The third kappa shape index (κ3) is 4.24. The van der Waals surface area contributed by atoms with Gasteiger partial charge in [-0.15, -0.1) is 11.8 Å². The highest BCUT2D eigenvalue weighted by Gasteiger charge is 2.03. The maximum Gasteiger partial charge on any atom is 0.0219 e. The molecule has 0 radical (unpaired) electrons. The minimum Gasteiger partial charge on any atom is -0.330 e. The fourth-order valence-electron chi connectivity index (χ4n) is 1.49. The van der Waals surface area contributed by atoms with Crippen LogP contribution >= 0.6 is 11.8 Å². The minimum absolute atomic E-state index is 0.491. The summed E-state index contributed by atoms with van der Waals surface area (Å²) in [5, 5.41) is 3.48. The Morgan fingerprint density at radius 3 is 2.80 bits per heavy atom. The SMILES string of the molecule is CSc1ccccc1CNC(C)CCN. The average Bonchev–Trinajstić information content (AvgIpc) is 2.27. The fraction of sp³-hybridized carbons (Fsp3) is 0.500. The van der Waals surface area contributed by atoms with Gasteiger partial charge in [0.15, 0.2) is 0 Å². The molecule has 0 heterocycles. The lowest BCUT2D eigenvalue weighted by molar-refractivity contribution is 0.517. The van der Waals surface area contributed by atoms with Gasteiger partial charge in [-0.1, -0.05) is 18.2 Å². The van der Waals surface area contributed by atoms with Crippen LogP contribution in [0.15, 0.2) is 29.2 Å². The van der Waals surface area contributed by atoms with E-state index in [-0.39, 0.29) is 0 Å². The monoisotopic (exact) mass is 224 g/mol. The largest absolute Gasteiger partial charge is 0.330 e. The maximum absolute atomic E-state index is 5.51. The molecule has 1 rings (SSSR count). The summed E-state index contributed by atoms with van der Waals surface area (Å²) in [6.45, 7) is 3.85. The predicted molar refractivity (Wildman–Crippen MR) is 68.2 cm³/mol. The molecule has 15 heavy (non-hydrogen) atoms. The predicted octanol–water partition coefficient (Wildman–Crippen LogP) is 2.24. The highest BCUT2D eigenvalue weighted by atomic mass is 32.2. The Kier molecular flexibility index (Phi) is 5.76. The van der Waals surface area contributed by atoms with Crippen molar-refractivity contribution in [1.29, 1.82) is 0 Å². The molecule has 3 N–H and O–H groups in total. The molecule has 1 aromatic rings. The van der Waals surface area contributed by atoms with Gasteiger partial charge in [0.05, 0.1) is 0 Å². The lowest BCUT2D eigenvalue weighted by Crippen LogP contribution is -2.27. The molecule has 1 atom stereocenters. The first-order valence-corrected chi connectivity index (χ1v) is 6.55. The topological polar surface area (TPSA) is 38.0 Å². The van der Waals surface area contributed by atoms with E-state index >= 15 is 0 Å². The van der Waals surface area contributed by atoms with Gasteiger partial charge in [0.25, 0.3) is 0 Å². The summed E-state index contributed by atoms with van der Waals surface area (Å²) < 4.78 is 0. The van der Waals surface area contributed by atoms with Gasteiger partial charge in [0.1, 0.15) is 0 Å². The number of nitrogens with one attached hydrogen (secondary N) is 1. The van der Waals surface area contributed by atoms with E-state index in [0.29, 0.717) is 6.04 Å². The molecule has 0 aliphatic rings. The standard InChI is InChI=1S/C12H20N2S/c1-10(7-8-13)14-9-11-5-3-4-6-12(11)15-2/h3-6,10,14H,7-9,13H2,1-2H3. The van der Waals surface area contributed by atoms with Crippen LogP contribution in [0.5, 0.6) is 0 Å². The highest BCUT2D eigenvalue weighted by molar-refractivity contribution is 7.98. The van der Waals surface area contributed by atoms with Crippen LogP contribution in [0.1, 0.15) is 18.9 Å². The molecule has 1 unspecified atom stereocenters. The van der Waals surface area contributed by atoms with Crippen molar-refractivity contribution in [1.82, 2.24) is 5.32 Å². The van der Waals surface area contributed by atoms with Gasteiger partial charge in [-0.25, -0.2) is 0 Å². The molecule has 0 amide bonds. The van der Waals surface area contributed by atoms with Gasteiger partial charge in [-0.05, 0) is 37.8 Å². The van der Waals surface area contributed by atoms with Gasteiger partial charge in [-0.2, -0.15) is 0 Å². The van der Waals surface area contributed by atoms with Gasteiger partial charge >= 0.3 is 0 Å². The van der Waals surface area contributed by atoms with E-state index in [4.69, 9.17) is 5.73 Å². The second kappa shape index (κ2) is 6.88. The number of nitrogens with two attached hydrogens (primary N) is 1. The number of rotatable bonds is 6. The van der Waals surface area contributed by atoms with E-state index in [2.05, 4.69) is 42.8 Å². The van der Waals surface area contributed by atoms with Crippen molar-refractivity contribution in [3.05, 3.63) is 29.8 Å². The Labute approximate surface area is 96.6 Å². The Balaban J connectivity index is 2.49. The van der Waals surface area contributed by atoms with Crippen LogP contribution in [0.25, 0.3) is 0 Å². The van der Waals surface area contributed by atoms with E-state index in [1.165, 1.54) is 10.5 Å². The number of thioether (sulfide) groups is 1. The molecular formula is C12H20N2S. The molecule has 0 aliphatic carbocycles. The van der Waals surface area contributed by atoms with Gasteiger partial charge in [0.2, 0.25) is 0 Å². The van der Waals surface area contributed by atoms with Crippen molar-refractivity contribution in [2.45, 2.75) is 30.8 Å². The molecule has 0 aliphatic heterocycles. The van der Waals surface area contributed by atoms with Gasteiger partial charge in [0, 0.05) is 17.5 Å². The second-order valence-electron chi connectivity index (χ2n) is 3.67. The zero-order valence-electron chi connectivity index (χ0n) is 9.49.